The Morgan fingerprint density at radius 1 is 1.52 bits per heavy atom. The zero-order valence-electron chi connectivity index (χ0n) is 13.8. The predicted octanol–water partition coefficient (Wildman–Crippen LogP) is -2.23. The SMILES string of the molecule is N[C@@H](Cc1c[nH]cn1)C(=O)N1C[C@@H](CCB(O)O)C[C@](N)(C(=O)O)C1. The Kier molecular flexibility index (Phi) is 6.17. The summed E-state index contributed by atoms with van der Waals surface area (Å²) in [5.41, 5.74) is 11.0. The second-order valence-electron chi connectivity index (χ2n) is 6.68. The molecule has 11 heteroatoms. The van der Waals surface area contributed by atoms with Crippen molar-refractivity contribution in [1.82, 2.24) is 14.9 Å². The molecule has 25 heavy (non-hydrogen) atoms. The number of rotatable bonds is 7. The minimum atomic E-state index is -1.58. The third-order valence-corrected chi connectivity index (χ3v) is 4.48. The molecule has 10 nitrogen and oxygen atoms in total. The van der Waals surface area contributed by atoms with Crippen LogP contribution in [0.1, 0.15) is 18.5 Å². The van der Waals surface area contributed by atoms with Crippen molar-refractivity contribution in [3.05, 3.63) is 18.2 Å². The van der Waals surface area contributed by atoms with E-state index in [0.29, 0.717) is 12.1 Å². The van der Waals surface area contributed by atoms with Crippen LogP contribution in [0.15, 0.2) is 12.5 Å². The largest absolute Gasteiger partial charge is 0.480 e. The first-order chi connectivity index (χ1) is 11.7. The number of likely N-dealkylation sites (tertiary alicyclic amines) is 1. The van der Waals surface area contributed by atoms with Crippen LogP contribution in [0.2, 0.25) is 6.32 Å². The summed E-state index contributed by atoms with van der Waals surface area (Å²) in [5.74, 6) is -1.84. The van der Waals surface area contributed by atoms with Crippen LogP contribution in [-0.2, 0) is 16.0 Å². The van der Waals surface area contributed by atoms with Crippen LogP contribution < -0.4 is 11.5 Å². The highest BCUT2D eigenvalue weighted by Crippen LogP contribution is 2.28. The summed E-state index contributed by atoms with van der Waals surface area (Å²) in [6.45, 7) is 0.152. The van der Waals surface area contributed by atoms with E-state index in [4.69, 9.17) is 21.5 Å². The molecule has 1 aliphatic heterocycles. The number of carbonyl (C=O) groups is 2. The lowest BCUT2D eigenvalue weighted by Crippen LogP contribution is -2.64. The van der Waals surface area contributed by atoms with E-state index >= 15 is 0 Å². The highest BCUT2D eigenvalue weighted by molar-refractivity contribution is 6.40. The Labute approximate surface area is 145 Å². The van der Waals surface area contributed by atoms with Gasteiger partial charge in [0.25, 0.3) is 0 Å². The second-order valence-corrected chi connectivity index (χ2v) is 6.68. The molecule has 1 aromatic heterocycles. The molecule has 2 heterocycles. The molecule has 2 rings (SSSR count). The number of aliphatic carboxylic acids is 1. The molecule has 1 fully saturated rings. The third kappa shape index (κ3) is 5.02. The van der Waals surface area contributed by atoms with Crippen LogP contribution in [0, 0.1) is 5.92 Å². The molecule has 3 atom stereocenters. The highest BCUT2D eigenvalue weighted by Gasteiger charge is 2.44. The fourth-order valence-electron chi connectivity index (χ4n) is 3.21. The van der Waals surface area contributed by atoms with E-state index < -0.39 is 30.6 Å². The summed E-state index contributed by atoms with van der Waals surface area (Å²) in [5, 5.41) is 27.5. The molecule has 1 saturated heterocycles. The Bertz CT molecular complexity index is 598. The van der Waals surface area contributed by atoms with Crippen molar-refractivity contribution in [2.24, 2.45) is 17.4 Å². The van der Waals surface area contributed by atoms with E-state index in [2.05, 4.69) is 9.97 Å². The molecule has 1 aliphatic rings. The number of amides is 1. The number of hydrogen-bond acceptors (Lipinski definition) is 7. The number of aromatic amines is 1. The zero-order chi connectivity index (χ0) is 18.6. The molecular formula is C14H24BN5O5. The van der Waals surface area contributed by atoms with Gasteiger partial charge < -0.3 is 36.5 Å². The summed E-state index contributed by atoms with van der Waals surface area (Å²) in [4.78, 5) is 32.3. The van der Waals surface area contributed by atoms with Crippen molar-refractivity contribution in [3.63, 3.8) is 0 Å². The average molecular weight is 353 g/mol. The second kappa shape index (κ2) is 7.96. The van der Waals surface area contributed by atoms with Gasteiger partial charge in [0.15, 0.2) is 0 Å². The first kappa shape index (κ1) is 19.4. The van der Waals surface area contributed by atoms with Crippen LogP contribution in [0.3, 0.4) is 0 Å². The molecule has 0 aromatic carbocycles. The van der Waals surface area contributed by atoms with Gasteiger partial charge in [-0.3, -0.25) is 9.59 Å². The topological polar surface area (TPSA) is 179 Å². The van der Waals surface area contributed by atoms with E-state index in [0.717, 1.165) is 0 Å². The first-order valence-corrected chi connectivity index (χ1v) is 8.11. The quantitative estimate of drug-likeness (QED) is 0.298. The highest BCUT2D eigenvalue weighted by atomic mass is 16.4. The van der Waals surface area contributed by atoms with Crippen molar-refractivity contribution in [2.45, 2.75) is 37.2 Å². The molecule has 0 saturated carbocycles. The number of aromatic nitrogens is 2. The lowest BCUT2D eigenvalue weighted by atomic mass is 9.75. The Morgan fingerprint density at radius 3 is 2.80 bits per heavy atom. The number of carboxylic acids is 1. The predicted molar refractivity (Wildman–Crippen MR) is 89.1 cm³/mol. The summed E-state index contributed by atoms with van der Waals surface area (Å²) in [6.07, 6.45) is 3.94. The fourth-order valence-corrected chi connectivity index (χ4v) is 3.21. The number of nitrogens with one attached hydrogen (secondary N) is 1. The van der Waals surface area contributed by atoms with Gasteiger partial charge in [-0.25, -0.2) is 4.98 Å². The van der Waals surface area contributed by atoms with E-state index in [-0.39, 0.29) is 38.2 Å². The minimum Gasteiger partial charge on any atom is -0.480 e. The molecule has 138 valence electrons. The summed E-state index contributed by atoms with van der Waals surface area (Å²) in [7, 11) is -1.48. The Hall–Kier alpha value is -1.95. The number of nitrogens with zero attached hydrogens (tertiary/aromatic N) is 2. The standard InChI is InChI=1S/C14H24BN5O5/c16-11(3-10-5-18-8-19-10)12(21)20-6-9(1-2-15(24)25)4-14(17,7-20)13(22)23/h5,8-9,11,24-25H,1-4,6-7,16-17H2,(H,18,19)(H,22,23)/t9-,11-,14+/m0/s1. The number of carbonyl (C=O) groups excluding carboxylic acids is 1. The van der Waals surface area contributed by atoms with Crippen LogP contribution >= 0.6 is 0 Å². The van der Waals surface area contributed by atoms with Gasteiger partial charge in [-0.15, -0.1) is 0 Å². The summed E-state index contributed by atoms with van der Waals surface area (Å²) < 4.78 is 0. The lowest BCUT2D eigenvalue weighted by molar-refractivity contribution is -0.149. The van der Waals surface area contributed by atoms with Crippen LogP contribution in [-0.4, -0.2) is 73.7 Å². The van der Waals surface area contributed by atoms with E-state index in [9.17, 15) is 14.7 Å². The molecule has 8 N–H and O–H groups in total. The van der Waals surface area contributed by atoms with Gasteiger partial charge in [0, 0.05) is 25.7 Å². The molecule has 0 spiro atoms. The molecule has 0 aliphatic carbocycles. The average Bonchev–Trinajstić information content (AvgIpc) is 3.04. The molecule has 0 unspecified atom stereocenters. The van der Waals surface area contributed by atoms with Gasteiger partial charge in [-0.05, 0) is 18.7 Å². The Morgan fingerprint density at radius 2 is 2.24 bits per heavy atom. The fraction of sp³-hybridized carbons (Fsp3) is 0.643. The third-order valence-electron chi connectivity index (χ3n) is 4.48. The van der Waals surface area contributed by atoms with Crippen LogP contribution in [0.5, 0.6) is 0 Å². The molecule has 0 radical (unpaired) electrons. The number of imidazole rings is 1. The maximum Gasteiger partial charge on any atom is 0.451 e. The van der Waals surface area contributed by atoms with E-state index in [1.165, 1.54) is 11.2 Å². The van der Waals surface area contributed by atoms with Gasteiger partial charge >= 0.3 is 13.1 Å². The molecular weight excluding hydrogens is 329 g/mol. The maximum atomic E-state index is 12.6. The van der Waals surface area contributed by atoms with Crippen molar-refractivity contribution in [1.29, 1.82) is 0 Å². The van der Waals surface area contributed by atoms with Crippen LogP contribution in [0.4, 0.5) is 0 Å². The number of carboxylic acid groups (broad SMARTS) is 1. The van der Waals surface area contributed by atoms with E-state index in [1.54, 1.807) is 6.20 Å². The first-order valence-electron chi connectivity index (χ1n) is 8.11. The number of nitrogens with two attached hydrogens (primary N) is 2. The lowest BCUT2D eigenvalue weighted by Gasteiger charge is -2.42. The summed E-state index contributed by atoms with van der Waals surface area (Å²) >= 11 is 0. The van der Waals surface area contributed by atoms with Crippen molar-refractivity contribution in [3.8, 4) is 0 Å². The molecule has 1 amide bonds. The van der Waals surface area contributed by atoms with Crippen molar-refractivity contribution >= 4 is 19.0 Å². The molecule has 1 aromatic rings. The monoisotopic (exact) mass is 353 g/mol. The Balaban J connectivity index is 2.08. The van der Waals surface area contributed by atoms with Crippen LogP contribution in [0.25, 0.3) is 0 Å². The minimum absolute atomic E-state index is 0.0850. The van der Waals surface area contributed by atoms with E-state index in [1.807, 2.05) is 0 Å². The van der Waals surface area contributed by atoms with Gasteiger partial charge in [0.2, 0.25) is 5.91 Å². The number of piperidine rings is 1. The van der Waals surface area contributed by atoms with Gasteiger partial charge in [0.05, 0.1) is 18.1 Å². The van der Waals surface area contributed by atoms with Crippen molar-refractivity contribution < 1.29 is 24.7 Å². The maximum absolute atomic E-state index is 12.6. The number of H-pyrrole nitrogens is 1. The normalized spacial score (nSPS) is 24.8. The summed E-state index contributed by atoms with van der Waals surface area (Å²) in [6, 6.07) is -0.858. The van der Waals surface area contributed by atoms with Gasteiger partial charge in [-0.2, -0.15) is 0 Å². The van der Waals surface area contributed by atoms with Gasteiger partial charge in [0.1, 0.15) is 5.54 Å². The smallest absolute Gasteiger partial charge is 0.451 e. The zero-order valence-corrected chi connectivity index (χ0v) is 13.8. The number of hydrogen-bond donors (Lipinski definition) is 6. The van der Waals surface area contributed by atoms with Crippen molar-refractivity contribution in [2.75, 3.05) is 13.1 Å². The van der Waals surface area contributed by atoms with Gasteiger partial charge in [-0.1, -0.05) is 6.42 Å². The molecule has 0 bridgehead atoms.